The fourth-order valence-electron chi connectivity index (χ4n) is 1.08. The van der Waals surface area contributed by atoms with Gasteiger partial charge in [-0.1, -0.05) is 19.3 Å². The molecular formula is C8H14S. The van der Waals surface area contributed by atoms with Crippen molar-refractivity contribution < 1.29 is 0 Å². The second kappa shape index (κ2) is 6.04. The van der Waals surface area contributed by atoms with Crippen molar-refractivity contribution in [2.45, 2.75) is 37.4 Å². The van der Waals surface area contributed by atoms with Crippen LogP contribution in [0.2, 0.25) is 0 Å². The Hall–Kier alpha value is -0.0900. The Bertz CT molecular complexity index is 69.9. The normalized spacial score (nSPS) is 19.9. The lowest BCUT2D eigenvalue weighted by atomic mass is 10.0. The van der Waals surface area contributed by atoms with E-state index in [0.717, 1.165) is 5.25 Å². The van der Waals surface area contributed by atoms with Gasteiger partial charge in [0.05, 0.1) is 0 Å². The minimum absolute atomic E-state index is 0.730. The highest BCUT2D eigenvalue weighted by molar-refractivity contribution is 7.80. The fraction of sp³-hybridized carbons (Fsp3) is 0.750. The molecule has 0 N–H and O–H groups in total. The molecular weight excluding hydrogens is 128 g/mol. The molecule has 1 heteroatoms. The highest BCUT2D eigenvalue weighted by atomic mass is 32.1. The average molecular weight is 142 g/mol. The second-order valence-corrected chi connectivity index (χ2v) is 3.02. The molecule has 9 heavy (non-hydrogen) atoms. The molecule has 0 bridgehead atoms. The topological polar surface area (TPSA) is 0 Å². The Morgan fingerprint density at radius 2 is 1.44 bits per heavy atom. The van der Waals surface area contributed by atoms with Gasteiger partial charge in [0.2, 0.25) is 0 Å². The van der Waals surface area contributed by atoms with Gasteiger partial charge < -0.3 is 0 Å². The molecule has 1 aliphatic carbocycles. The van der Waals surface area contributed by atoms with Crippen molar-refractivity contribution in [3.8, 4) is 12.8 Å². The highest BCUT2D eigenvalue weighted by Gasteiger charge is 2.06. The molecule has 0 heterocycles. The zero-order valence-corrected chi connectivity index (χ0v) is 6.61. The molecule has 0 aromatic carbocycles. The van der Waals surface area contributed by atoms with Gasteiger partial charge in [0.15, 0.2) is 0 Å². The molecule has 0 aliphatic heterocycles. The molecule has 0 aromatic rings. The summed E-state index contributed by atoms with van der Waals surface area (Å²) in [7, 11) is 0. The molecule has 0 unspecified atom stereocenters. The van der Waals surface area contributed by atoms with Crippen LogP contribution in [-0.2, 0) is 0 Å². The predicted octanol–water partition coefficient (Wildman–Crippen LogP) is 2.50. The molecule has 0 radical (unpaired) electrons. The minimum atomic E-state index is 0.730. The lowest BCUT2D eigenvalue weighted by Gasteiger charge is -2.14. The third kappa shape index (κ3) is 4.42. The summed E-state index contributed by atoms with van der Waals surface area (Å²) in [6.45, 7) is 0. The Kier molecular flexibility index (Phi) is 5.98. The molecule has 0 aromatic heterocycles. The number of rotatable bonds is 0. The summed E-state index contributed by atoms with van der Waals surface area (Å²) in [5.74, 6) is 0. The number of hydrogen-bond acceptors (Lipinski definition) is 1. The van der Waals surface area contributed by atoms with Crippen molar-refractivity contribution >= 4 is 12.6 Å². The van der Waals surface area contributed by atoms with Gasteiger partial charge in [0, 0.05) is 5.25 Å². The van der Waals surface area contributed by atoms with E-state index in [2.05, 4.69) is 25.5 Å². The quantitative estimate of drug-likeness (QED) is 0.390. The molecule has 1 rings (SSSR count). The van der Waals surface area contributed by atoms with Gasteiger partial charge >= 0.3 is 0 Å². The van der Waals surface area contributed by atoms with Crippen LogP contribution < -0.4 is 0 Å². The summed E-state index contributed by atoms with van der Waals surface area (Å²) in [5.41, 5.74) is 0. The van der Waals surface area contributed by atoms with Crippen LogP contribution in [-0.4, -0.2) is 5.25 Å². The van der Waals surface area contributed by atoms with E-state index >= 15 is 0 Å². The van der Waals surface area contributed by atoms with Gasteiger partial charge in [0.25, 0.3) is 0 Å². The van der Waals surface area contributed by atoms with E-state index in [1.807, 2.05) is 0 Å². The molecule has 0 spiro atoms. The van der Waals surface area contributed by atoms with Crippen LogP contribution in [0.25, 0.3) is 0 Å². The van der Waals surface area contributed by atoms with Gasteiger partial charge in [-0.25, -0.2) is 0 Å². The lowest BCUT2D eigenvalue weighted by Crippen LogP contribution is -2.03. The van der Waals surface area contributed by atoms with Gasteiger partial charge in [-0.15, -0.1) is 12.8 Å². The molecule has 0 nitrogen and oxygen atoms in total. The number of terminal acetylenes is 1. The predicted molar refractivity (Wildman–Crippen MR) is 45.7 cm³/mol. The summed E-state index contributed by atoms with van der Waals surface area (Å²) in [6, 6.07) is 0. The maximum Gasteiger partial charge on any atom is 0.00168 e. The van der Waals surface area contributed by atoms with Gasteiger partial charge in [-0.2, -0.15) is 12.6 Å². The molecule has 1 aliphatic rings. The zero-order valence-electron chi connectivity index (χ0n) is 5.71. The van der Waals surface area contributed by atoms with Gasteiger partial charge in [-0.05, 0) is 12.8 Å². The van der Waals surface area contributed by atoms with Crippen molar-refractivity contribution in [3.63, 3.8) is 0 Å². The van der Waals surface area contributed by atoms with Gasteiger partial charge in [0.1, 0.15) is 0 Å². The largest absolute Gasteiger partial charge is 0.176 e. The van der Waals surface area contributed by atoms with Crippen LogP contribution in [0.5, 0.6) is 0 Å². The summed E-state index contributed by atoms with van der Waals surface area (Å²) >= 11 is 4.36. The SMILES string of the molecule is C#C.SC1CCCCC1. The summed E-state index contributed by atoms with van der Waals surface area (Å²) in [5, 5.41) is 0.730. The van der Waals surface area contributed by atoms with E-state index < -0.39 is 0 Å². The third-order valence-electron chi connectivity index (χ3n) is 1.57. The number of hydrogen-bond donors (Lipinski definition) is 1. The van der Waals surface area contributed by atoms with Crippen LogP contribution in [0.4, 0.5) is 0 Å². The Labute approximate surface area is 63.4 Å². The van der Waals surface area contributed by atoms with E-state index in [9.17, 15) is 0 Å². The van der Waals surface area contributed by atoms with Crippen LogP contribution in [0.1, 0.15) is 32.1 Å². The smallest absolute Gasteiger partial charge is 0.00168 e. The lowest BCUT2D eigenvalue weighted by molar-refractivity contribution is 0.518. The van der Waals surface area contributed by atoms with E-state index in [-0.39, 0.29) is 0 Å². The van der Waals surface area contributed by atoms with Crippen molar-refractivity contribution in [2.75, 3.05) is 0 Å². The number of thiol groups is 1. The standard InChI is InChI=1S/C6H12S.C2H2/c7-6-4-2-1-3-5-6;1-2/h6-7H,1-5H2;1-2H. The molecule has 1 saturated carbocycles. The van der Waals surface area contributed by atoms with Crippen molar-refractivity contribution in [2.24, 2.45) is 0 Å². The zero-order chi connectivity index (χ0) is 7.11. The Balaban J connectivity index is 0.000000291. The summed E-state index contributed by atoms with van der Waals surface area (Å²) in [4.78, 5) is 0. The maximum absolute atomic E-state index is 4.36. The van der Waals surface area contributed by atoms with Crippen molar-refractivity contribution in [3.05, 3.63) is 0 Å². The van der Waals surface area contributed by atoms with E-state index in [1.54, 1.807) is 0 Å². The Morgan fingerprint density at radius 3 is 1.67 bits per heavy atom. The first-order chi connectivity index (χ1) is 4.39. The first-order valence-electron chi connectivity index (χ1n) is 3.41. The van der Waals surface area contributed by atoms with Gasteiger partial charge in [-0.3, -0.25) is 0 Å². The third-order valence-corrected chi connectivity index (χ3v) is 2.09. The Morgan fingerprint density at radius 1 is 1.00 bits per heavy atom. The fourth-order valence-corrected chi connectivity index (χ4v) is 1.45. The van der Waals surface area contributed by atoms with E-state index in [0.29, 0.717) is 0 Å². The first kappa shape index (κ1) is 8.91. The second-order valence-electron chi connectivity index (χ2n) is 2.29. The molecule has 0 saturated heterocycles. The first-order valence-corrected chi connectivity index (χ1v) is 3.92. The van der Waals surface area contributed by atoms with E-state index in [4.69, 9.17) is 0 Å². The average Bonchev–Trinajstić information content (AvgIpc) is 1.94. The van der Waals surface area contributed by atoms with Crippen LogP contribution in [0.15, 0.2) is 0 Å². The molecule has 1 fully saturated rings. The minimum Gasteiger partial charge on any atom is -0.176 e. The van der Waals surface area contributed by atoms with Crippen molar-refractivity contribution in [1.82, 2.24) is 0 Å². The molecule has 0 atom stereocenters. The monoisotopic (exact) mass is 142 g/mol. The van der Waals surface area contributed by atoms with E-state index in [1.165, 1.54) is 32.1 Å². The molecule has 0 amide bonds. The molecule has 52 valence electrons. The van der Waals surface area contributed by atoms with Crippen LogP contribution in [0.3, 0.4) is 0 Å². The highest BCUT2D eigenvalue weighted by Crippen LogP contribution is 2.20. The van der Waals surface area contributed by atoms with Crippen LogP contribution >= 0.6 is 12.6 Å². The summed E-state index contributed by atoms with van der Waals surface area (Å²) in [6.07, 6.45) is 15.0. The van der Waals surface area contributed by atoms with Crippen LogP contribution in [0, 0.1) is 12.8 Å². The summed E-state index contributed by atoms with van der Waals surface area (Å²) < 4.78 is 0. The van der Waals surface area contributed by atoms with Crippen molar-refractivity contribution in [1.29, 1.82) is 0 Å². The maximum atomic E-state index is 4.36.